The Morgan fingerprint density at radius 2 is 1.96 bits per heavy atom. The first-order valence-electron chi connectivity index (χ1n) is 8.82. The predicted molar refractivity (Wildman–Crippen MR) is 103 cm³/mol. The fourth-order valence-corrected chi connectivity index (χ4v) is 3.71. The lowest BCUT2D eigenvalue weighted by atomic mass is 10.1. The first-order valence-corrected chi connectivity index (χ1v) is 9.61. The summed E-state index contributed by atoms with van der Waals surface area (Å²) in [6.45, 7) is 0.836. The molecule has 0 saturated carbocycles. The van der Waals surface area contributed by atoms with Gasteiger partial charge in [0.05, 0.1) is 29.5 Å². The van der Waals surface area contributed by atoms with Crippen LogP contribution in [0.5, 0.6) is 0 Å². The van der Waals surface area contributed by atoms with Crippen LogP contribution >= 0.6 is 15.9 Å². The average molecular weight is 447 g/mol. The van der Waals surface area contributed by atoms with Gasteiger partial charge in [0, 0.05) is 16.6 Å². The molecule has 6 nitrogen and oxygen atoms in total. The number of anilines is 1. The predicted octanol–water partition coefficient (Wildman–Crippen LogP) is 3.62. The summed E-state index contributed by atoms with van der Waals surface area (Å²) in [6.07, 6.45) is 1.57. The summed E-state index contributed by atoms with van der Waals surface area (Å²) >= 11 is 3.15. The minimum Gasteiger partial charge on any atom is -0.376 e. The smallest absolute Gasteiger partial charge is 0.261 e. The van der Waals surface area contributed by atoms with Gasteiger partial charge in [-0.05, 0) is 49.2 Å². The van der Waals surface area contributed by atoms with E-state index in [0.717, 1.165) is 17.7 Å². The summed E-state index contributed by atoms with van der Waals surface area (Å²) in [5.41, 5.74) is 0.624. The number of hydrogen-bond donors (Lipinski definition) is 1. The van der Waals surface area contributed by atoms with Crippen molar-refractivity contribution in [3.05, 3.63) is 63.4 Å². The van der Waals surface area contributed by atoms with Gasteiger partial charge in [-0.25, -0.2) is 4.39 Å². The Hall–Kier alpha value is -2.58. The number of nitrogens with one attached hydrogen (secondary N) is 1. The Kier molecular flexibility index (Phi) is 4.99. The molecule has 1 fully saturated rings. The molecule has 1 N–H and O–H groups in total. The van der Waals surface area contributed by atoms with Crippen LogP contribution in [0.25, 0.3) is 0 Å². The zero-order chi connectivity index (χ0) is 19.8. The number of carbonyl (C=O) groups excluding carboxylic acids is 3. The van der Waals surface area contributed by atoms with E-state index in [0.29, 0.717) is 11.1 Å². The van der Waals surface area contributed by atoms with E-state index in [1.165, 1.54) is 30.3 Å². The minimum atomic E-state index is -0.585. The molecular formula is C20H16BrFN2O4. The Morgan fingerprint density at radius 1 is 1.18 bits per heavy atom. The second-order valence-electron chi connectivity index (χ2n) is 6.69. The Labute approximate surface area is 168 Å². The van der Waals surface area contributed by atoms with E-state index in [2.05, 4.69) is 21.2 Å². The van der Waals surface area contributed by atoms with Gasteiger partial charge < -0.3 is 10.1 Å². The molecule has 2 aliphatic rings. The summed E-state index contributed by atoms with van der Waals surface area (Å²) in [6, 6.07) is 8.56. The zero-order valence-electron chi connectivity index (χ0n) is 14.7. The monoisotopic (exact) mass is 446 g/mol. The van der Waals surface area contributed by atoms with Crippen molar-refractivity contribution in [2.24, 2.45) is 0 Å². The molecule has 0 bridgehead atoms. The van der Waals surface area contributed by atoms with E-state index in [-0.39, 0.29) is 40.9 Å². The standard InChI is InChI=1S/C20H16BrFN2O4/c21-12-4-6-17(16(22)9-12)23-18(25)11-3-5-14-15(8-11)20(27)24(19(14)26)10-13-2-1-7-28-13/h3-6,8-9,13H,1-2,7,10H2,(H,23,25). The van der Waals surface area contributed by atoms with E-state index in [1.54, 1.807) is 6.07 Å². The summed E-state index contributed by atoms with van der Waals surface area (Å²) in [4.78, 5) is 38.9. The third-order valence-electron chi connectivity index (χ3n) is 4.82. The van der Waals surface area contributed by atoms with Crippen LogP contribution in [0.2, 0.25) is 0 Å². The fraction of sp³-hybridized carbons (Fsp3) is 0.250. The van der Waals surface area contributed by atoms with Crippen molar-refractivity contribution in [3.63, 3.8) is 0 Å². The van der Waals surface area contributed by atoms with Crippen molar-refractivity contribution >= 4 is 39.3 Å². The highest BCUT2D eigenvalue weighted by atomic mass is 79.9. The van der Waals surface area contributed by atoms with Gasteiger partial charge in [-0.1, -0.05) is 15.9 Å². The van der Waals surface area contributed by atoms with Gasteiger partial charge >= 0.3 is 0 Å². The molecule has 0 aromatic heterocycles. The lowest BCUT2D eigenvalue weighted by Crippen LogP contribution is -2.36. The van der Waals surface area contributed by atoms with Gasteiger partial charge in [0.2, 0.25) is 0 Å². The quantitative estimate of drug-likeness (QED) is 0.727. The topological polar surface area (TPSA) is 75.7 Å². The highest BCUT2D eigenvalue weighted by molar-refractivity contribution is 9.10. The van der Waals surface area contributed by atoms with Gasteiger partial charge in [0.1, 0.15) is 5.82 Å². The van der Waals surface area contributed by atoms with Gasteiger partial charge in [-0.3, -0.25) is 19.3 Å². The van der Waals surface area contributed by atoms with Gasteiger partial charge in [-0.2, -0.15) is 0 Å². The largest absolute Gasteiger partial charge is 0.376 e. The molecule has 0 aliphatic carbocycles. The van der Waals surface area contributed by atoms with Crippen LogP contribution in [0.1, 0.15) is 43.9 Å². The van der Waals surface area contributed by atoms with E-state index in [4.69, 9.17) is 4.74 Å². The molecule has 0 radical (unpaired) electrons. The number of halogens is 2. The summed E-state index contributed by atoms with van der Waals surface area (Å²) < 4.78 is 20.0. The van der Waals surface area contributed by atoms with Crippen molar-refractivity contribution in [2.75, 3.05) is 18.5 Å². The first kappa shape index (κ1) is 18.8. The maximum absolute atomic E-state index is 13.9. The summed E-state index contributed by atoms with van der Waals surface area (Å²) in [5, 5.41) is 2.48. The molecule has 144 valence electrons. The van der Waals surface area contributed by atoms with E-state index in [9.17, 15) is 18.8 Å². The second-order valence-corrected chi connectivity index (χ2v) is 7.61. The molecule has 2 aromatic rings. The lowest BCUT2D eigenvalue weighted by Gasteiger charge is -2.17. The number of fused-ring (bicyclic) bond motifs is 1. The zero-order valence-corrected chi connectivity index (χ0v) is 16.3. The van der Waals surface area contributed by atoms with Crippen LogP contribution in [0.3, 0.4) is 0 Å². The SMILES string of the molecule is O=C(Nc1ccc(Br)cc1F)c1ccc2c(c1)C(=O)N(CC1CCCO1)C2=O. The number of amides is 3. The fourth-order valence-electron chi connectivity index (χ4n) is 3.38. The van der Waals surface area contributed by atoms with Gasteiger partial charge in [-0.15, -0.1) is 0 Å². The first-order chi connectivity index (χ1) is 13.4. The van der Waals surface area contributed by atoms with Crippen molar-refractivity contribution < 1.29 is 23.5 Å². The highest BCUT2D eigenvalue weighted by Crippen LogP contribution is 2.27. The molecule has 1 atom stereocenters. The average Bonchev–Trinajstić information content (AvgIpc) is 3.27. The second kappa shape index (κ2) is 7.44. The maximum atomic E-state index is 13.9. The number of ether oxygens (including phenoxy) is 1. The van der Waals surface area contributed by atoms with Crippen LogP contribution in [0, 0.1) is 5.82 Å². The number of hydrogen-bond acceptors (Lipinski definition) is 4. The number of benzene rings is 2. The number of nitrogens with zero attached hydrogens (tertiary/aromatic N) is 1. The maximum Gasteiger partial charge on any atom is 0.261 e. The van der Waals surface area contributed by atoms with Gasteiger partial charge in [0.25, 0.3) is 17.7 Å². The molecule has 8 heteroatoms. The van der Waals surface area contributed by atoms with Crippen LogP contribution < -0.4 is 5.32 Å². The van der Waals surface area contributed by atoms with E-state index < -0.39 is 17.6 Å². The van der Waals surface area contributed by atoms with Crippen molar-refractivity contribution in [1.29, 1.82) is 0 Å². The molecular weight excluding hydrogens is 431 g/mol. The molecule has 2 heterocycles. The van der Waals surface area contributed by atoms with Gasteiger partial charge in [0.15, 0.2) is 0 Å². The Balaban J connectivity index is 1.54. The molecule has 28 heavy (non-hydrogen) atoms. The molecule has 2 aromatic carbocycles. The molecule has 0 spiro atoms. The van der Waals surface area contributed by atoms with Crippen LogP contribution in [0.15, 0.2) is 40.9 Å². The van der Waals surface area contributed by atoms with E-state index in [1.807, 2.05) is 0 Å². The summed E-state index contributed by atoms with van der Waals surface area (Å²) in [7, 11) is 0. The van der Waals surface area contributed by atoms with Crippen molar-refractivity contribution in [2.45, 2.75) is 18.9 Å². The number of imide groups is 1. The third-order valence-corrected chi connectivity index (χ3v) is 5.32. The third kappa shape index (κ3) is 3.45. The molecule has 3 amide bonds. The highest BCUT2D eigenvalue weighted by Gasteiger charge is 2.38. The van der Waals surface area contributed by atoms with Crippen molar-refractivity contribution in [1.82, 2.24) is 4.90 Å². The van der Waals surface area contributed by atoms with Crippen LogP contribution in [-0.2, 0) is 4.74 Å². The molecule has 1 unspecified atom stereocenters. The summed E-state index contributed by atoms with van der Waals surface area (Å²) in [5.74, 6) is -1.99. The molecule has 1 saturated heterocycles. The normalized spacial score (nSPS) is 18.5. The molecule has 2 aliphatic heterocycles. The van der Waals surface area contributed by atoms with Crippen molar-refractivity contribution in [3.8, 4) is 0 Å². The van der Waals surface area contributed by atoms with E-state index >= 15 is 0 Å². The minimum absolute atomic E-state index is 0.0242. The lowest BCUT2D eigenvalue weighted by molar-refractivity contribution is 0.0475. The van der Waals surface area contributed by atoms with Crippen LogP contribution in [-0.4, -0.2) is 41.9 Å². The number of carbonyl (C=O) groups is 3. The Bertz CT molecular complexity index is 988. The molecule has 4 rings (SSSR count). The van der Waals surface area contributed by atoms with Crippen LogP contribution in [0.4, 0.5) is 10.1 Å². The number of rotatable bonds is 4. The Morgan fingerprint density at radius 3 is 2.68 bits per heavy atom.